The van der Waals surface area contributed by atoms with E-state index in [2.05, 4.69) is 0 Å². The standard InChI is InChI=1S/C16H18N2O2/c1-3-18(13-6-4-5-12(17)10-13)16(20)14-9-11(2)7-8-15(14)19/h4-10,19H,3,17H2,1-2H3. The molecule has 4 nitrogen and oxygen atoms in total. The zero-order valence-corrected chi connectivity index (χ0v) is 11.6. The Morgan fingerprint density at radius 2 is 2.00 bits per heavy atom. The second-order valence-electron chi connectivity index (χ2n) is 4.67. The fraction of sp³-hybridized carbons (Fsp3) is 0.188. The van der Waals surface area contributed by atoms with Crippen LogP contribution in [0.5, 0.6) is 5.75 Å². The molecule has 0 radical (unpaired) electrons. The lowest BCUT2D eigenvalue weighted by Gasteiger charge is -2.22. The lowest BCUT2D eigenvalue weighted by Crippen LogP contribution is -2.30. The highest BCUT2D eigenvalue weighted by atomic mass is 16.3. The smallest absolute Gasteiger partial charge is 0.262 e. The molecule has 3 N–H and O–H groups in total. The van der Waals surface area contributed by atoms with Crippen molar-refractivity contribution in [2.75, 3.05) is 17.2 Å². The number of nitrogens with zero attached hydrogens (tertiary/aromatic N) is 1. The van der Waals surface area contributed by atoms with Gasteiger partial charge >= 0.3 is 0 Å². The van der Waals surface area contributed by atoms with Crippen molar-refractivity contribution in [3.8, 4) is 5.75 Å². The molecule has 0 fully saturated rings. The number of nitrogens with two attached hydrogens (primary N) is 1. The zero-order chi connectivity index (χ0) is 14.7. The van der Waals surface area contributed by atoms with Crippen LogP contribution >= 0.6 is 0 Å². The van der Waals surface area contributed by atoms with E-state index in [-0.39, 0.29) is 11.7 Å². The summed E-state index contributed by atoms with van der Waals surface area (Å²) in [7, 11) is 0. The van der Waals surface area contributed by atoms with Crippen LogP contribution in [0.2, 0.25) is 0 Å². The zero-order valence-electron chi connectivity index (χ0n) is 11.6. The summed E-state index contributed by atoms with van der Waals surface area (Å²) in [6.45, 7) is 4.26. The fourth-order valence-electron chi connectivity index (χ4n) is 2.10. The fourth-order valence-corrected chi connectivity index (χ4v) is 2.10. The number of hydrogen-bond acceptors (Lipinski definition) is 3. The molecule has 2 aromatic rings. The quantitative estimate of drug-likeness (QED) is 0.843. The number of phenols is 1. The molecule has 0 aliphatic rings. The number of benzene rings is 2. The maximum Gasteiger partial charge on any atom is 0.262 e. The lowest BCUT2D eigenvalue weighted by atomic mass is 10.1. The van der Waals surface area contributed by atoms with Crippen LogP contribution in [0, 0.1) is 6.92 Å². The largest absolute Gasteiger partial charge is 0.507 e. The molecule has 104 valence electrons. The van der Waals surface area contributed by atoms with Crippen molar-refractivity contribution in [2.45, 2.75) is 13.8 Å². The summed E-state index contributed by atoms with van der Waals surface area (Å²) in [5.41, 5.74) is 8.30. The van der Waals surface area contributed by atoms with Gasteiger partial charge in [0.05, 0.1) is 5.56 Å². The Labute approximate surface area is 118 Å². The summed E-state index contributed by atoms with van der Waals surface area (Å²) in [6, 6.07) is 12.1. The number of hydrogen-bond donors (Lipinski definition) is 2. The van der Waals surface area contributed by atoms with Crippen LogP contribution in [0.25, 0.3) is 0 Å². The third kappa shape index (κ3) is 2.74. The van der Waals surface area contributed by atoms with Crippen LogP contribution in [0.1, 0.15) is 22.8 Å². The van der Waals surface area contributed by atoms with Gasteiger partial charge in [-0.1, -0.05) is 17.7 Å². The van der Waals surface area contributed by atoms with E-state index in [1.165, 1.54) is 6.07 Å². The Bertz CT molecular complexity index is 638. The number of aryl methyl sites for hydroxylation is 1. The van der Waals surface area contributed by atoms with Crippen molar-refractivity contribution in [1.82, 2.24) is 0 Å². The Balaban J connectivity index is 2.41. The molecule has 0 bridgehead atoms. The summed E-state index contributed by atoms with van der Waals surface area (Å²) in [5, 5.41) is 9.88. The predicted molar refractivity (Wildman–Crippen MR) is 81.0 cm³/mol. The van der Waals surface area contributed by atoms with Gasteiger partial charge in [0.2, 0.25) is 0 Å². The molecule has 0 saturated carbocycles. The lowest BCUT2D eigenvalue weighted by molar-refractivity contribution is 0.0985. The molecule has 0 aliphatic heterocycles. The second kappa shape index (κ2) is 5.65. The van der Waals surface area contributed by atoms with Gasteiger partial charge in [0.1, 0.15) is 5.75 Å². The molecule has 0 aliphatic carbocycles. The average Bonchev–Trinajstić information content (AvgIpc) is 2.42. The highest BCUT2D eigenvalue weighted by molar-refractivity contribution is 6.08. The van der Waals surface area contributed by atoms with Gasteiger partial charge in [0, 0.05) is 17.9 Å². The highest BCUT2D eigenvalue weighted by Crippen LogP contribution is 2.24. The number of carbonyl (C=O) groups excluding carboxylic acids is 1. The van der Waals surface area contributed by atoms with Gasteiger partial charge in [-0.3, -0.25) is 4.79 Å². The molecule has 4 heteroatoms. The van der Waals surface area contributed by atoms with E-state index < -0.39 is 0 Å². The van der Waals surface area contributed by atoms with E-state index >= 15 is 0 Å². The molecule has 1 amide bonds. The molecule has 20 heavy (non-hydrogen) atoms. The first kappa shape index (κ1) is 13.9. The first-order valence-electron chi connectivity index (χ1n) is 6.50. The van der Waals surface area contributed by atoms with Gasteiger partial charge in [-0.15, -0.1) is 0 Å². The SMILES string of the molecule is CCN(C(=O)c1cc(C)ccc1O)c1cccc(N)c1. The molecular formula is C16H18N2O2. The van der Waals surface area contributed by atoms with Crippen molar-refractivity contribution >= 4 is 17.3 Å². The number of amides is 1. The molecule has 0 saturated heterocycles. The van der Waals surface area contributed by atoms with E-state index in [1.807, 2.05) is 19.9 Å². The van der Waals surface area contributed by atoms with Gasteiger partial charge in [0.25, 0.3) is 5.91 Å². The maximum atomic E-state index is 12.6. The Kier molecular flexibility index (Phi) is 3.94. The Morgan fingerprint density at radius 3 is 2.65 bits per heavy atom. The number of nitrogen functional groups attached to an aromatic ring is 1. The minimum absolute atomic E-state index is 0.0112. The molecule has 2 aromatic carbocycles. The van der Waals surface area contributed by atoms with Crippen molar-refractivity contribution in [2.24, 2.45) is 0 Å². The topological polar surface area (TPSA) is 66.6 Å². The first-order chi connectivity index (χ1) is 9.52. The summed E-state index contributed by atoms with van der Waals surface area (Å²) < 4.78 is 0. The monoisotopic (exact) mass is 270 g/mol. The van der Waals surface area contributed by atoms with E-state index in [0.29, 0.717) is 17.8 Å². The summed E-state index contributed by atoms with van der Waals surface area (Å²) in [5.74, 6) is -0.248. The summed E-state index contributed by atoms with van der Waals surface area (Å²) in [6.07, 6.45) is 0. The van der Waals surface area contributed by atoms with Gasteiger partial charge in [-0.05, 0) is 44.2 Å². The van der Waals surface area contributed by atoms with Crippen molar-refractivity contribution in [3.63, 3.8) is 0 Å². The van der Waals surface area contributed by atoms with Gasteiger partial charge in [-0.2, -0.15) is 0 Å². The van der Waals surface area contributed by atoms with Crippen LogP contribution in [-0.2, 0) is 0 Å². The number of rotatable bonds is 3. The second-order valence-corrected chi connectivity index (χ2v) is 4.67. The summed E-state index contributed by atoms with van der Waals surface area (Å²) >= 11 is 0. The van der Waals surface area contributed by atoms with Gasteiger partial charge < -0.3 is 15.7 Å². The maximum absolute atomic E-state index is 12.6. The van der Waals surface area contributed by atoms with Crippen LogP contribution in [-0.4, -0.2) is 17.6 Å². The molecule has 0 heterocycles. The minimum atomic E-state index is -0.237. The third-order valence-corrected chi connectivity index (χ3v) is 3.13. The summed E-state index contributed by atoms with van der Waals surface area (Å²) in [4.78, 5) is 14.2. The van der Waals surface area contributed by atoms with E-state index in [0.717, 1.165) is 11.3 Å². The Hall–Kier alpha value is -2.49. The normalized spacial score (nSPS) is 10.3. The molecule has 0 unspecified atom stereocenters. The molecule has 2 rings (SSSR count). The van der Waals surface area contributed by atoms with Gasteiger partial charge in [0.15, 0.2) is 0 Å². The first-order valence-corrected chi connectivity index (χ1v) is 6.50. The molecule has 0 spiro atoms. The molecule has 0 aromatic heterocycles. The van der Waals surface area contributed by atoms with Crippen LogP contribution in [0.15, 0.2) is 42.5 Å². The van der Waals surface area contributed by atoms with Crippen LogP contribution in [0.3, 0.4) is 0 Å². The molecule has 0 atom stereocenters. The van der Waals surface area contributed by atoms with E-state index in [1.54, 1.807) is 35.2 Å². The van der Waals surface area contributed by atoms with Crippen molar-refractivity contribution in [1.29, 1.82) is 0 Å². The van der Waals surface area contributed by atoms with Crippen LogP contribution in [0.4, 0.5) is 11.4 Å². The van der Waals surface area contributed by atoms with Gasteiger partial charge in [-0.25, -0.2) is 0 Å². The van der Waals surface area contributed by atoms with E-state index in [4.69, 9.17) is 5.73 Å². The number of aromatic hydroxyl groups is 1. The van der Waals surface area contributed by atoms with Crippen molar-refractivity contribution in [3.05, 3.63) is 53.6 Å². The van der Waals surface area contributed by atoms with Crippen LogP contribution < -0.4 is 10.6 Å². The molecular weight excluding hydrogens is 252 g/mol. The number of phenolic OH excluding ortho intramolecular Hbond substituents is 1. The van der Waals surface area contributed by atoms with Crippen molar-refractivity contribution < 1.29 is 9.90 Å². The third-order valence-electron chi connectivity index (χ3n) is 3.13. The highest BCUT2D eigenvalue weighted by Gasteiger charge is 2.19. The number of carbonyl (C=O) groups is 1. The van der Waals surface area contributed by atoms with E-state index in [9.17, 15) is 9.90 Å². The number of anilines is 2. The Morgan fingerprint density at radius 1 is 1.25 bits per heavy atom. The predicted octanol–water partition coefficient (Wildman–Crippen LogP) is 2.95. The average molecular weight is 270 g/mol. The minimum Gasteiger partial charge on any atom is -0.507 e.